The maximum absolute atomic E-state index is 14.0. The van der Waals surface area contributed by atoms with Crippen LogP contribution in [0.15, 0.2) is 65.6 Å². The van der Waals surface area contributed by atoms with Crippen LogP contribution in [0.1, 0.15) is 46.6 Å². The second-order valence-corrected chi connectivity index (χ2v) is 12.8. The summed E-state index contributed by atoms with van der Waals surface area (Å²) < 4.78 is 37.6. The lowest BCUT2D eigenvalue weighted by molar-refractivity contribution is -0.146. The van der Waals surface area contributed by atoms with Crippen molar-refractivity contribution in [3.63, 3.8) is 0 Å². The van der Waals surface area contributed by atoms with Gasteiger partial charge >= 0.3 is 12.1 Å². The first-order valence-electron chi connectivity index (χ1n) is 12.9. The summed E-state index contributed by atoms with van der Waals surface area (Å²) in [5.74, 6) is -2.80. The molecule has 0 aromatic heterocycles. The molecule has 2 N–H and O–H groups in total. The summed E-state index contributed by atoms with van der Waals surface area (Å²) in [4.78, 5) is 51.8. The van der Waals surface area contributed by atoms with Crippen LogP contribution in [0.3, 0.4) is 0 Å². The monoisotopic (exact) mass is 574 g/mol. The predicted octanol–water partition coefficient (Wildman–Crippen LogP) is 3.24. The Balaban J connectivity index is 2.51. The summed E-state index contributed by atoms with van der Waals surface area (Å²) in [7, 11) is -3.23. The SMILES string of the molecule is COC(=O)C(NC(=O)CC(C(=O)[C@H](Cc1ccccc1)NC(=O)OC(C)(C)C)S(=O)(=O)c1ccccc1)C(C)C. The van der Waals surface area contributed by atoms with Crippen molar-refractivity contribution in [1.82, 2.24) is 10.6 Å². The quantitative estimate of drug-likeness (QED) is 0.368. The van der Waals surface area contributed by atoms with E-state index in [1.165, 1.54) is 31.4 Å². The van der Waals surface area contributed by atoms with E-state index in [-0.39, 0.29) is 17.2 Å². The Hall–Kier alpha value is -3.73. The summed E-state index contributed by atoms with van der Waals surface area (Å²) in [6.07, 6.45) is -1.73. The number of esters is 1. The fourth-order valence-electron chi connectivity index (χ4n) is 3.91. The molecule has 0 aliphatic heterocycles. The molecule has 0 bridgehead atoms. The van der Waals surface area contributed by atoms with Crippen LogP contribution in [0.4, 0.5) is 4.79 Å². The molecule has 0 aliphatic rings. The second-order valence-electron chi connectivity index (χ2n) is 10.7. The molecule has 2 rings (SSSR count). The Morgan fingerprint density at radius 3 is 1.93 bits per heavy atom. The standard InChI is InChI=1S/C29H38N2O8S/c1-19(2)25(27(34)38-6)31-24(32)18-23(40(36,37)21-15-11-8-12-16-21)26(33)22(17-20-13-9-7-10-14-20)30-28(35)39-29(3,4)5/h7-16,19,22-23,25H,17-18H2,1-6H3,(H,30,35)(H,31,32)/t22-,23?,25?/m0/s1. The molecule has 40 heavy (non-hydrogen) atoms. The van der Waals surface area contributed by atoms with E-state index < -0.39 is 62.9 Å². The first-order chi connectivity index (χ1) is 18.7. The van der Waals surface area contributed by atoms with Gasteiger partial charge in [0, 0.05) is 0 Å². The minimum atomic E-state index is -4.40. The summed E-state index contributed by atoms with van der Waals surface area (Å²) in [5, 5.41) is 3.13. The molecule has 11 heteroatoms. The zero-order chi connectivity index (χ0) is 30.1. The highest BCUT2D eigenvalue weighted by molar-refractivity contribution is 7.92. The van der Waals surface area contributed by atoms with Crippen molar-refractivity contribution in [2.75, 3.05) is 7.11 Å². The number of hydrogen-bond donors (Lipinski definition) is 2. The van der Waals surface area contributed by atoms with E-state index in [9.17, 15) is 27.6 Å². The molecule has 0 heterocycles. The molecule has 3 atom stereocenters. The molecular weight excluding hydrogens is 536 g/mol. The van der Waals surface area contributed by atoms with Crippen molar-refractivity contribution in [3.8, 4) is 0 Å². The number of benzene rings is 2. The molecule has 218 valence electrons. The van der Waals surface area contributed by atoms with Gasteiger partial charge < -0.3 is 20.1 Å². The number of amides is 2. The Morgan fingerprint density at radius 1 is 0.875 bits per heavy atom. The largest absolute Gasteiger partial charge is 0.467 e. The van der Waals surface area contributed by atoms with E-state index in [1.807, 2.05) is 0 Å². The van der Waals surface area contributed by atoms with Crippen LogP contribution in [-0.4, -0.2) is 62.2 Å². The van der Waals surface area contributed by atoms with Gasteiger partial charge in [-0.3, -0.25) is 9.59 Å². The van der Waals surface area contributed by atoms with Crippen LogP contribution in [0.5, 0.6) is 0 Å². The van der Waals surface area contributed by atoms with Gasteiger partial charge in [-0.15, -0.1) is 0 Å². The third-order valence-corrected chi connectivity index (χ3v) is 7.97. The molecule has 0 aliphatic carbocycles. The topological polar surface area (TPSA) is 145 Å². The number of sulfone groups is 1. The summed E-state index contributed by atoms with van der Waals surface area (Å²) in [6, 6.07) is 13.6. The van der Waals surface area contributed by atoms with Gasteiger partial charge in [-0.05, 0) is 50.8 Å². The molecule has 0 fully saturated rings. The third kappa shape index (κ3) is 9.48. The number of methoxy groups -OCH3 is 1. The van der Waals surface area contributed by atoms with Crippen LogP contribution < -0.4 is 10.6 Å². The van der Waals surface area contributed by atoms with Gasteiger partial charge in [0.1, 0.15) is 16.9 Å². The Bertz CT molecular complexity index is 1270. The van der Waals surface area contributed by atoms with Gasteiger partial charge in [0.25, 0.3) is 0 Å². The fraction of sp³-hybridized carbons (Fsp3) is 0.448. The van der Waals surface area contributed by atoms with Crippen molar-refractivity contribution in [3.05, 3.63) is 66.2 Å². The number of hydrogen-bond acceptors (Lipinski definition) is 8. The summed E-state index contributed by atoms with van der Waals surface area (Å²) in [6.45, 7) is 8.33. The van der Waals surface area contributed by atoms with Crippen molar-refractivity contribution in [2.24, 2.45) is 5.92 Å². The van der Waals surface area contributed by atoms with Gasteiger partial charge in [-0.25, -0.2) is 18.0 Å². The molecule has 0 saturated heterocycles. The number of Topliss-reactive ketones (excluding diaryl/α,β-unsaturated/α-hetero) is 1. The number of ether oxygens (including phenoxy) is 2. The molecule has 2 aromatic carbocycles. The number of alkyl carbamates (subject to hydrolysis) is 1. The highest BCUT2D eigenvalue weighted by atomic mass is 32.2. The second kappa shape index (κ2) is 14.1. The normalized spacial score (nSPS) is 14.0. The average molecular weight is 575 g/mol. The zero-order valence-corrected chi connectivity index (χ0v) is 24.5. The van der Waals surface area contributed by atoms with Crippen molar-refractivity contribution in [1.29, 1.82) is 0 Å². The van der Waals surface area contributed by atoms with Gasteiger partial charge in [0.05, 0.1) is 24.5 Å². The third-order valence-electron chi connectivity index (χ3n) is 5.89. The molecule has 2 amide bonds. The minimum Gasteiger partial charge on any atom is -0.467 e. The highest BCUT2D eigenvalue weighted by Gasteiger charge is 2.41. The number of carbonyl (C=O) groups excluding carboxylic acids is 4. The maximum atomic E-state index is 14.0. The lowest BCUT2D eigenvalue weighted by atomic mass is 9.98. The van der Waals surface area contributed by atoms with Gasteiger partial charge in [0.2, 0.25) is 5.91 Å². The number of rotatable bonds is 12. The smallest absolute Gasteiger partial charge is 0.408 e. The molecule has 0 radical (unpaired) electrons. The van der Waals surface area contributed by atoms with Crippen LogP contribution in [0.25, 0.3) is 0 Å². The highest BCUT2D eigenvalue weighted by Crippen LogP contribution is 2.22. The number of ketones is 1. The van der Waals surface area contributed by atoms with Crippen LogP contribution in [0.2, 0.25) is 0 Å². The zero-order valence-electron chi connectivity index (χ0n) is 23.7. The molecule has 2 aromatic rings. The Labute approximate surface area is 235 Å². The van der Waals surface area contributed by atoms with Crippen LogP contribution >= 0.6 is 0 Å². The molecule has 10 nitrogen and oxygen atoms in total. The fourth-order valence-corrected chi connectivity index (χ4v) is 5.62. The number of carbonyl (C=O) groups is 4. The van der Waals surface area contributed by atoms with Crippen molar-refractivity contribution >= 4 is 33.6 Å². The minimum absolute atomic E-state index is 0.0435. The van der Waals surface area contributed by atoms with Gasteiger partial charge in [0.15, 0.2) is 15.6 Å². The van der Waals surface area contributed by atoms with Crippen LogP contribution in [0, 0.1) is 5.92 Å². The van der Waals surface area contributed by atoms with Crippen LogP contribution in [-0.2, 0) is 40.1 Å². The molecule has 0 saturated carbocycles. The maximum Gasteiger partial charge on any atom is 0.408 e. The van der Waals surface area contributed by atoms with E-state index >= 15 is 0 Å². The van der Waals surface area contributed by atoms with Crippen molar-refractivity contribution < 1.29 is 37.1 Å². The lowest BCUT2D eigenvalue weighted by Gasteiger charge is -2.26. The van der Waals surface area contributed by atoms with Crippen molar-refractivity contribution in [2.45, 2.75) is 75.3 Å². The van der Waals surface area contributed by atoms with Gasteiger partial charge in [-0.2, -0.15) is 0 Å². The Morgan fingerprint density at radius 2 is 1.43 bits per heavy atom. The summed E-state index contributed by atoms with van der Waals surface area (Å²) >= 11 is 0. The average Bonchev–Trinajstić information content (AvgIpc) is 2.89. The first kappa shape index (κ1) is 32.5. The van der Waals surface area contributed by atoms with E-state index in [4.69, 9.17) is 9.47 Å². The number of nitrogens with one attached hydrogen (secondary N) is 2. The van der Waals surface area contributed by atoms with E-state index in [0.717, 1.165) is 0 Å². The first-order valence-corrected chi connectivity index (χ1v) is 14.4. The molecule has 2 unspecified atom stereocenters. The Kier molecular flexibility index (Phi) is 11.4. The summed E-state index contributed by atoms with van der Waals surface area (Å²) in [5.41, 5.74) is -0.220. The van der Waals surface area contributed by atoms with Gasteiger partial charge in [-0.1, -0.05) is 62.4 Å². The van der Waals surface area contributed by atoms with E-state index in [0.29, 0.717) is 5.56 Å². The molecular formula is C29H38N2O8S. The molecule has 0 spiro atoms. The van der Waals surface area contributed by atoms with E-state index in [2.05, 4.69) is 10.6 Å². The predicted molar refractivity (Wildman–Crippen MR) is 149 cm³/mol. The van der Waals surface area contributed by atoms with E-state index in [1.54, 1.807) is 71.0 Å². The lowest BCUT2D eigenvalue weighted by Crippen LogP contribution is -2.52.